The molecule has 2 atom stereocenters. The molecule has 0 radical (unpaired) electrons. The third kappa shape index (κ3) is 4.03. The number of rotatable bonds is 4. The highest BCUT2D eigenvalue weighted by Crippen LogP contribution is 2.34. The Labute approximate surface area is 151 Å². The summed E-state index contributed by atoms with van der Waals surface area (Å²) in [6.07, 6.45) is 0. The van der Waals surface area contributed by atoms with Gasteiger partial charge in [0, 0.05) is 14.5 Å². The maximum absolute atomic E-state index is 12.5. The lowest BCUT2D eigenvalue weighted by Gasteiger charge is -2.16. The normalized spacial score (nSPS) is 13.8. The van der Waals surface area contributed by atoms with Gasteiger partial charge in [0.15, 0.2) is 5.78 Å². The third-order valence-corrected chi connectivity index (χ3v) is 6.40. The fraction of sp³-hybridized carbons (Fsp3) is 0.133. The van der Waals surface area contributed by atoms with Crippen LogP contribution in [-0.4, -0.2) is 10.6 Å². The van der Waals surface area contributed by atoms with Crippen LogP contribution in [0.1, 0.15) is 20.7 Å². The van der Waals surface area contributed by atoms with Gasteiger partial charge in [-0.2, -0.15) is 0 Å². The van der Waals surface area contributed by atoms with Gasteiger partial charge in [0.1, 0.15) is 0 Å². The highest BCUT2D eigenvalue weighted by molar-refractivity contribution is 9.12. The second-order valence-electron chi connectivity index (χ2n) is 4.24. The van der Waals surface area contributed by atoms with Crippen molar-refractivity contribution in [3.8, 4) is 0 Å². The molecule has 0 N–H and O–H groups in total. The number of alkyl halides is 2. The second kappa shape index (κ2) is 7.34. The molecule has 2 aromatic carbocycles. The van der Waals surface area contributed by atoms with Gasteiger partial charge in [0.25, 0.3) is 0 Å². The van der Waals surface area contributed by atoms with E-state index >= 15 is 0 Å². The summed E-state index contributed by atoms with van der Waals surface area (Å²) >= 11 is 13.9. The Balaban J connectivity index is 2.24. The van der Waals surface area contributed by atoms with Crippen molar-refractivity contribution in [2.75, 3.05) is 0 Å². The highest BCUT2D eigenvalue weighted by atomic mass is 79.9. The number of carbonyl (C=O) groups excluding carboxylic acids is 1. The molecule has 0 aliphatic heterocycles. The smallest absolute Gasteiger partial charge is 0.178 e. The fourth-order valence-electron chi connectivity index (χ4n) is 1.79. The van der Waals surface area contributed by atoms with Gasteiger partial charge in [-0.1, -0.05) is 94.1 Å². The molecule has 2 unspecified atom stereocenters. The van der Waals surface area contributed by atoms with Crippen molar-refractivity contribution in [2.24, 2.45) is 0 Å². The molecule has 104 valence electrons. The number of halogens is 4. The summed E-state index contributed by atoms with van der Waals surface area (Å²) in [6, 6.07) is 15.4. The molecule has 5 heteroatoms. The lowest BCUT2D eigenvalue weighted by atomic mass is 10.0. The molecule has 2 aromatic rings. The van der Waals surface area contributed by atoms with Crippen LogP contribution in [0.4, 0.5) is 0 Å². The maximum atomic E-state index is 12.5. The summed E-state index contributed by atoms with van der Waals surface area (Å²) in [5.41, 5.74) is 1.73. The van der Waals surface area contributed by atoms with Crippen LogP contribution in [0, 0.1) is 0 Å². The Bertz CT molecular complexity index is 592. The Kier molecular flexibility index (Phi) is 6.02. The van der Waals surface area contributed by atoms with Crippen molar-refractivity contribution < 1.29 is 4.79 Å². The van der Waals surface area contributed by atoms with Crippen LogP contribution in [0.25, 0.3) is 0 Å². The van der Waals surface area contributed by atoms with Crippen LogP contribution in [0.3, 0.4) is 0 Å². The third-order valence-electron chi connectivity index (χ3n) is 2.77. The van der Waals surface area contributed by atoms with E-state index in [1.807, 2.05) is 48.5 Å². The molecule has 0 bridgehead atoms. The van der Waals surface area contributed by atoms with Crippen molar-refractivity contribution in [3.05, 3.63) is 68.6 Å². The van der Waals surface area contributed by atoms with E-state index < -0.39 is 0 Å². The van der Waals surface area contributed by atoms with Crippen LogP contribution < -0.4 is 0 Å². The molecule has 0 aliphatic rings. The molecule has 2 rings (SSSR count). The van der Waals surface area contributed by atoms with Crippen LogP contribution in [-0.2, 0) is 0 Å². The zero-order valence-corrected chi connectivity index (χ0v) is 16.5. The number of Topliss-reactive ketones (excluding diaryl/α,β-unsaturated/α-hetero) is 1. The minimum Gasteiger partial charge on any atom is -0.293 e. The van der Waals surface area contributed by atoms with E-state index in [4.69, 9.17) is 0 Å². The van der Waals surface area contributed by atoms with Gasteiger partial charge in [-0.15, -0.1) is 0 Å². The molecule has 0 aromatic heterocycles. The highest BCUT2D eigenvalue weighted by Gasteiger charge is 2.26. The predicted molar refractivity (Wildman–Crippen MR) is 97.0 cm³/mol. The van der Waals surface area contributed by atoms with Crippen molar-refractivity contribution in [2.45, 2.75) is 9.65 Å². The van der Waals surface area contributed by atoms with E-state index in [2.05, 4.69) is 63.7 Å². The standard InChI is InChI=1S/C15H10Br4O/c16-11-6-10(7-12(17)8-11)15(20)14(19)13(18)9-4-2-1-3-5-9/h1-8,13-14H. The first-order valence-electron chi connectivity index (χ1n) is 5.82. The minimum absolute atomic E-state index is 0.0396. The topological polar surface area (TPSA) is 17.1 Å². The summed E-state index contributed by atoms with van der Waals surface area (Å²) in [5.74, 6) is 0.0396. The summed E-state index contributed by atoms with van der Waals surface area (Å²) in [5, 5.41) is 0. The van der Waals surface area contributed by atoms with E-state index in [0.29, 0.717) is 5.56 Å². The largest absolute Gasteiger partial charge is 0.293 e. The fourth-order valence-corrected chi connectivity index (χ4v) is 4.20. The Hall–Kier alpha value is 0.0300. The molecule has 0 amide bonds. The van der Waals surface area contributed by atoms with Crippen molar-refractivity contribution in [1.82, 2.24) is 0 Å². The molecule has 20 heavy (non-hydrogen) atoms. The average Bonchev–Trinajstić information content (AvgIpc) is 2.45. The Morgan fingerprint density at radius 3 is 2.00 bits per heavy atom. The molecule has 0 saturated carbocycles. The predicted octanol–water partition coefficient (Wildman–Crippen LogP) is 6.29. The van der Waals surface area contributed by atoms with Crippen LogP contribution >= 0.6 is 63.7 Å². The van der Waals surface area contributed by atoms with Crippen molar-refractivity contribution >= 4 is 69.5 Å². The van der Waals surface area contributed by atoms with E-state index in [1.54, 1.807) is 0 Å². The number of hydrogen-bond acceptors (Lipinski definition) is 1. The van der Waals surface area contributed by atoms with Gasteiger partial charge >= 0.3 is 0 Å². The first-order chi connectivity index (χ1) is 9.49. The van der Waals surface area contributed by atoms with Gasteiger partial charge in [-0.25, -0.2) is 0 Å². The number of ketones is 1. The minimum atomic E-state index is -0.328. The Morgan fingerprint density at radius 1 is 0.900 bits per heavy atom. The molecule has 0 spiro atoms. The molecule has 0 heterocycles. The van der Waals surface area contributed by atoms with Gasteiger partial charge in [-0.05, 0) is 23.8 Å². The van der Waals surface area contributed by atoms with E-state index in [-0.39, 0.29) is 15.4 Å². The molecule has 0 aliphatic carbocycles. The first kappa shape index (κ1) is 16.4. The van der Waals surface area contributed by atoms with Crippen LogP contribution in [0.5, 0.6) is 0 Å². The molecule has 0 fully saturated rings. The van der Waals surface area contributed by atoms with Gasteiger partial charge in [0.2, 0.25) is 0 Å². The summed E-state index contributed by atoms with van der Waals surface area (Å²) in [4.78, 5) is 12.1. The summed E-state index contributed by atoms with van der Waals surface area (Å²) in [6.45, 7) is 0. The summed E-state index contributed by atoms with van der Waals surface area (Å²) < 4.78 is 1.75. The molecular weight excluding hydrogens is 516 g/mol. The van der Waals surface area contributed by atoms with Crippen molar-refractivity contribution in [1.29, 1.82) is 0 Å². The van der Waals surface area contributed by atoms with Crippen LogP contribution in [0.15, 0.2) is 57.5 Å². The van der Waals surface area contributed by atoms with Gasteiger partial charge in [0.05, 0.1) is 9.65 Å². The first-order valence-corrected chi connectivity index (χ1v) is 9.24. The van der Waals surface area contributed by atoms with Crippen LogP contribution in [0.2, 0.25) is 0 Å². The van der Waals surface area contributed by atoms with Gasteiger partial charge in [-0.3, -0.25) is 4.79 Å². The SMILES string of the molecule is O=C(c1cc(Br)cc(Br)c1)C(Br)C(Br)c1ccccc1. The summed E-state index contributed by atoms with van der Waals surface area (Å²) in [7, 11) is 0. The molecular formula is C15H10Br4O. The Morgan fingerprint density at radius 2 is 1.45 bits per heavy atom. The van der Waals surface area contributed by atoms with E-state index in [9.17, 15) is 4.79 Å². The monoisotopic (exact) mass is 522 g/mol. The zero-order chi connectivity index (χ0) is 14.7. The number of benzene rings is 2. The molecule has 1 nitrogen and oxygen atoms in total. The quantitative estimate of drug-likeness (QED) is 0.338. The van der Waals surface area contributed by atoms with Crippen molar-refractivity contribution in [3.63, 3.8) is 0 Å². The van der Waals surface area contributed by atoms with Gasteiger partial charge < -0.3 is 0 Å². The lowest BCUT2D eigenvalue weighted by Crippen LogP contribution is -2.19. The van der Waals surface area contributed by atoms with E-state index in [0.717, 1.165) is 14.5 Å². The average molecular weight is 526 g/mol. The zero-order valence-electron chi connectivity index (χ0n) is 10.2. The number of hydrogen-bond donors (Lipinski definition) is 0. The second-order valence-corrected chi connectivity index (χ2v) is 8.04. The maximum Gasteiger partial charge on any atom is 0.178 e. The van der Waals surface area contributed by atoms with E-state index in [1.165, 1.54) is 0 Å². The molecule has 0 saturated heterocycles. The lowest BCUT2D eigenvalue weighted by molar-refractivity contribution is 0.0991. The number of carbonyl (C=O) groups is 1.